The van der Waals surface area contributed by atoms with Crippen LogP contribution in [0.5, 0.6) is 0 Å². The number of halogens is 3. The molecule has 0 N–H and O–H groups in total. The molecule has 0 spiro atoms. The van der Waals surface area contributed by atoms with E-state index < -0.39 is 11.7 Å². The van der Waals surface area contributed by atoms with E-state index in [1.807, 2.05) is 4.57 Å². The molecule has 10 aromatic carbocycles. The number of benzene rings is 10. The van der Waals surface area contributed by atoms with Crippen LogP contribution < -0.4 is 0 Å². The van der Waals surface area contributed by atoms with Gasteiger partial charge in [-0.1, -0.05) is 154 Å². The van der Waals surface area contributed by atoms with E-state index in [1.54, 1.807) is 30.3 Å². The van der Waals surface area contributed by atoms with Gasteiger partial charge in [0.05, 0.1) is 50.6 Å². The summed E-state index contributed by atoms with van der Waals surface area (Å²) < 4.78 is 52.8. The number of fused-ring (bicyclic) bond motifs is 6. The standard InChI is InChI=1S/C70H54F3N3/c1-40-20-41(2)25-54(24-40)49-12-16-64-59(33-49)60-34-50(55-26-42(3)21-43(4)27-55)13-17-65(60)75(64)68-37-58(53-11-9-10-48(32-53)39-74)63(70(71,72)73)38-69(68)76-66-18-14-51(56-28-44(5)22-45(6)29-56)35-61(66)62-36-52(15-19-67(62)76)57-30-46(7)23-47(8)31-57/h9-38H,1-8H3. The first-order chi connectivity index (χ1) is 36.5. The van der Waals surface area contributed by atoms with Crippen molar-refractivity contribution in [2.45, 2.75) is 61.6 Å². The molecular weight excluding hydrogens is 940 g/mol. The van der Waals surface area contributed by atoms with Gasteiger partial charge < -0.3 is 9.13 Å². The Balaban J connectivity index is 1.23. The Hall–Kier alpha value is -8.92. The maximum atomic E-state index is 16.2. The van der Waals surface area contributed by atoms with E-state index in [4.69, 9.17) is 0 Å². The number of alkyl halides is 3. The fourth-order valence-corrected chi connectivity index (χ4v) is 12.0. The van der Waals surface area contributed by atoms with Gasteiger partial charge in [0.25, 0.3) is 0 Å². The predicted molar refractivity (Wildman–Crippen MR) is 310 cm³/mol. The van der Waals surface area contributed by atoms with Crippen LogP contribution in [0.1, 0.15) is 55.6 Å². The zero-order valence-corrected chi connectivity index (χ0v) is 43.8. The molecule has 3 nitrogen and oxygen atoms in total. The molecule has 0 radical (unpaired) electrons. The Kier molecular flexibility index (Phi) is 11.5. The molecule has 0 aliphatic carbocycles. The molecular formula is C70H54F3N3. The van der Waals surface area contributed by atoms with Gasteiger partial charge in [0.1, 0.15) is 0 Å². The van der Waals surface area contributed by atoms with Crippen molar-refractivity contribution >= 4 is 43.6 Å². The number of aromatic nitrogens is 2. The van der Waals surface area contributed by atoms with Gasteiger partial charge in [-0.25, -0.2) is 0 Å². The van der Waals surface area contributed by atoms with Gasteiger partial charge in [0, 0.05) is 21.5 Å². The molecule has 0 saturated heterocycles. The second-order valence-electron chi connectivity index (χ2n) is 21.2. The predicted octanol–water partition coefficient (Wildman–Crippen LogP) is 19.6. The van der Waals surface area contributed by atoms with E-state index >= 15 is 13.2 Å². The second kappa shape index (κ2) is 18.2. The number of aryl methyl sites for hydroxylation is 8. The van der Waals surface area contributed by atoms with Crippen molar-refractivity contribution in [3.63, 3.8) is 0 Å². The van der Waals surface area contributed by atoms with Crippen LogP contribution in [0.15, 0.2) is 182 Å². The lowest BCUT2D eigenvalue weighted by Crippen LogP contribution is -2.12. The molecule has 12 rings (SSSR count). The SMILES string of the molecule is Cc1cc(C)cc(-c2ccc3c(c2)c2cc(-c4cc(C)cc(C)c4)ccc2n3-c2cc(-c3cccc(C#N)c3)c(C(F)(F)F)cc2-n2c3ccc(-c4cc(C)cc(C)c4)cc3c3cc(-c4cc(C)cc(C)c4)ccc32)c1. The van der Waals surface area contributed by atoms with Crippen LogP contribution in [0.2, 0.25) is 0 Å². The summed E-state index contributed by atoms with van der Waals surface area (Å²) in [5.74, 6) is 0. The highest BCUT2D eigenvalue weighted by Crippen LogP contribution is 2.47. The van der Waals surface area contributed by atoms with Crippen molar-refractivity contribution in [2.24, 2.45) is 0 Å². The summed E-state index contributed by atoms with van der Waals surface area (Å²) in [7, 11) is 0. The number of hydrogen-bond acceptors (Lipinski definition) is 1. The summed E-state index contributed by atoms with van der Waals surface area (Å²) >= 11 is 0. The Labute approximate surface area is 441 Å². The normalized spacial score (nSPS) is 11.9. The van der Waals surface area contributed by atoms with Crippen LogP contribution in [0.25, 0.3) is 111 Å². The van der Waals surface area contributed by atoms with Crippen LogP contribution in [0.3, 0.4) is 0 Å². The molecule has 0 atom stereocenters. The number of nitriles is 1. The fourth-order valence-electron chi connectivity index (χ4n) is 12.0. The van der Waals surface area contributed by atoms with Crippen molar-refractivity contribution in [2.75, 3.05) is 0 Å². The van der Waals surface area contributed by atoms with Gasteiger partial charge in [-0.2, -0.15) is 18.4 Å². The Morgan fingerprint density at radius 1 is 0.329 bits per heavy atom. The van der Waals surface area contributed by atoms with Crippen LogP contribution in [0, 0.1) is 66.7 Å². The quantitative estimate of drug-likeness (QED) is 0.157. The Bertz CT molecular complexity index is 4140. The average molecular weight is 994 g/mol. The zero-order valence-electron chi connectivity index (χ0n) is 43.8. The third-order valence-corrected chi connectivity index (χ3v) is 15.0. The molecule has 6 heteroatoms. The maximum Gasteiger partial charge on any atom is 0.417 e. The smallest absolute Gasteiger partial charge is 0.307 e. The molecule has 0 aliphatic heterocycles. The van der Waals surface area contributed by atoms with Crippen molar-refractivity contribution in [3.05, 3.63) is 238 Å². The summed E-state index contributed by atoms with van der Waals surface area (Å²) in [4.78, 5) is 0. The van der Waals surface area contributed by atoms with E-state index in [-0.39, 0.29) is 11.1 Å². The van der Waals surface area contributed by atoms with E-state index in [2.05, 4.69) is 212 Å². The highest BCUT2D eigenvalue weighted by Gasteiger charge is 2.36. The second-order valence-corrected chi connectivity index (χ2v) is 21.2. The summed E-state index contributed by atoms with van der Waals surface area (Å²) in [5.41, 5.74) is 21.5. The number of rotatable bonds is 7. The average Bonchev–Trinajstić information content (AvgIpc) is 3.89. The van der Waals surface area contributed by atoms with Gasteiger partial charge in [0.2, 0.25) is 0 Å². The van der Waals surface area contributed by atoms with Crippen LogP contribution >= 0.6 is 0 Å². The molecule has 370 valence electrons. The summed E-state index contributed by atoms with van der Waals surface area (Å²) in [6.45, 7) is 16.8. The summed E-state index contributed by atoms with van der Waals surface area (Å²) in [6.07, 6.45) is -4.78. The highest BCUT2D eigenvalue weighted by atomic mass is 19.4. The van der Waals surface area contributed by atoms with Gasteiger partial charge in [-0.15, -0.1) is 0 Å². The minimum Gasteiger partial charge on any atom is -0.307 e. The summed E-state index contributed by atoms with van der Waals surface area (Å²) in [6, 6.07) is 63.5. The molecule has 0 unspecified atom stereocenters. The Morgan fingerprint density at radius 3 is 0.947 bits per heavy atom. The Morgan fingerprint density at radius 2 is 0.645 bits per heavy atom. The summed E-state index contributed by atoms with van der Waals surface area (Å²) in [5, 5.41) is 13.9. The molecule has 2 heterocycles. The first-order valence-electron chi connectivity index (χ1n) is 25.7. The first kappa shape index (κ1) is 48.0. The molecule has 76 heavy (non-hydrogen) atoms. The van der Waals surface area contributed by atoms with Crippen molar-refractivity contribution in [1.29, 1.82) is 5.26 Å². The lowest BCUT2D eigenvalue weighted by molar-refractivity contribution is -0.137. The van der Waals surface area contributed by atoms with Gasteiger partial charge in [-0.05, 0) is 184 Å². The van der Waals surface area contributed by atoms with E-state index in [9.17, 15) is 5.26 Å². The molecule has 0 fully saturated rings. The van der Waals surface area contributed by atoms with Crippen molar-refractivity contribution < 1.29 is 13.2 Å². The minimum atomic E-state index is -4.78. The molecule has 0 saturated carbocycles. The van der Waals surface area contributed by atoms with E-state index in [0.717, 1.165) is 133 Å². The topological polar surface area (TPSA) is 33.6 Å². The first-order valence-corrected chi connectivity index (χ1v) is 25.7. The van der Waals surface area contributed by atoms with Gasteiger partial charge in [-0.3, -0.25) is 0 Å². The number of nitrogens with zero attached hydrogens (tertiary/aromatic N) is 3. The molecule has 0 bridgehead atoms. The molecule has 0 aliphatic rings. The lowest BCUT2D eigenvalue weighted by Gasteiger charge is -2.22. The van der Waals surface area contributed by atoms with Crippen LogP contribution in [-0.2, 0) is 6.18 Å². The largest absolute Gasteiger partial charge is 0.417 e. The zero-order chi connectivity index (χ0) is 52.9. The third kappa shape index (κ3) is 8.52. The minimum absolute atomic E-state index is 0.0213. The number of hydrogen-bond donors (Lipinski definition) is 0. The van der Waals surface area contributed by atoms with Crippen molar-refractivity contribution in [3.8, 4) is 73.1 Å². The molecule has 12 aromatic rings. The molecule has 0 amide bonds. The van der Waals surface area contributed by atoms with Gasteiger partial charge in [0.15, 0.2) is 0 Å². The molecule has 2 aromatic heterocycles. The third-order valence-electron chi connectivity index (χ3n) is 15.0. The van der Waals surface area contributed by atoms with Gasteiger partial charge >= 0.3 is 6.18 Å². The highest BCUT2D eigenvalue weighted by molar-refractivity contribution is 6.14. The van der Waals surface area contributed by atoms with Crippen LogP contribution in [-0.4, -0.2) is 9.13 Å². The maximum absolute atomic E-state index is 16.2. The van der Waals surface area contributed by atoms with Crippen LogP contribution in [0.4, 0.5) is 13.2 Å². The lowest BCUT2D eigenvalue weighted by atomic mass is 9.95. The fraction of sp³-hybridized carbons (Fsp3) is 0.129. The van der Waals surface area contributed by atoms with E-state index in [0.29, 0.717) is 16.9 Å². The monoisotopic (exact) mass is 993 g/mol. The van der Waals surface area contributed by atoms with E-state index in [1.165, 1.54) is 6.07 Å². The van der Waals surface area contributed by atoms with Crippen molar-refractivity contribution in [1.82, 2.24) is 9.13 Å².